The molecule has 1 aromatic carbocycles. The summed E-state index contributed by atoms with van der Waals surface area (Å²) >= 11 is 2.95. The number of nitrogens with zero attached hydrogens (tertiary/aromatic N) is 3. The van der Waals surface area contributed by atoms with Crippen molar-refractivity contribution in [1.82, 2.24) is 9.88 Å². The predicted molar refractivity (Wildman–Crippen MR) is 107 cm³/mol. The first-order valence-electron chi connectivity index (χ1n) is 8.44. The van der Waals surface area contributed by atoms with Crippen LogP contribution in [-0.4, -0.2) is 39.8 Å². The third-order valence-electron chi connectivity index (χ3n) is 3.81. The number of hydrogen-bond acceptors (Lipinski definition) is 5. The molecule has 5 nitrogen and oxygen atoms in total. The molecule has 0 unspecified atom stereocenters. The van der Waals surface area contributed by atoms with Crippen LogP contribution in [0.2, 0.25) is 0 Å². The topological polar surface area (TPSA) is 57.6 Å². The second kappa shape index (κ2) is 9.01. The van der Waals surface area contributed by atoms with Crippen LogP contribution in [0.3, 0.4) is 0 Å². The number of para-hydroxylation sites is 1. The number of thiazole rings is 1. The maximum absolute atomic E-state index is 12.2. The highest BCUT2D eigenvalue weighted by molar-refractivity contribution is 8.14. The van der Waals surface area contributed by atoms with E-state index in [0.717, 1.165) is 29.6 Å². The highest BCUT2D eigenvalue weighted by atomic mass is 32.2. The summed E-state index contributed by atoms with van der Waals surface area (Å²) in [5, 5.41) is 6.37. The van der Waals surface area contributed by atoms with Crippen LogP contribution in [0.4, 0.5) is 10.8 Å². The number of likely N-dealkylation sites (tertiary alicyclic amines) is 1. The van der Waals surface area contributed by atoms with Gasteiger partial charge in [0.2, 0.25) is 5.91 Å². The minimum absolute atomic E-state index is 0.0443. The molecule has 0 atom stereocenters. The molecule has 1 aromatic heterocycles. The number of nitrogens with one attached hydrogen (secondary N) is 1. The lowest BCUT2D eigenvalue weighted by molar-refractivity contribution is -0.113. The molecule has 0 spiro atoms. The molecule has 0 radical (unpaired) electrons. The first-order valence-corrected chi connectivity index (χ1v) is 10.3. The third kappa shape index (κ3) is 5.57. The van der Waals surface area contributed by atoms with Crippen LogP contribution in [0, 0.1) is 6.92 Å². The number of aromatic nitrogens is 1. The number of aryl methyl sites for hydroxylation is 1. The molecule has 1 aliphatic rings. The summed E-state index contributed by atoms with van der Waals surface area (Å²) in [5.74, 6) is 0.290. The zero-order valence-corrected chi connectivity index (χ0v) is 15.9. The molecule has 3 rings (SSSR count). The average molecular weight is 375 g/mol. The number of carbonyl (C=O) groups excluding carboxylic acids is 1. The first-order chi connectivity index (χ1) is 12.2. The predicted octanol–water partition coefficient (Wildman–Crippen LogP) is 4.30. The number of hydrogen-bond donors (Lipinski definition) is 1. The Hall–Kier alpha value is -1.86. The van der Waals surface area contributed by atoms with Gasteiger partial charge in [0.1, 0.15) is 0 Å². The minimum Gasteiger partial charge on any atom is -0.351 e. The van der Waals surface area contributed by atoms with Gasteiger partial charge in [-0.25, -0.2) is 9.98 Å². The van der Waals surface area contributed by atoms with Gasteiger partial charge in [-0.3, -0.25) is 4.79 Å². The van der Waals surface area contributed by atoms with Crippen molar-refractivity contribution in [3.05, 3.63) is 41.4 Å². The summed E-state index contributed by atoms with van der Waals surface area (Å²) in [7, 11) is 0. The average Bonchev–Trinajstić information content (AvgIpc) is 3.05. The van der Waals surface area contributed by atoms with Crippen LogP contribution < -0.4 is 5.32 Å². The zero-order chi connectivity index (χ0) is 17.5. The zero-order valence-electron chi connectivity index (χ0n) is 14.3. The lowest BCUT2D eigenvalue weighted by Gasteiger charge is -2.29. The van der Waals surface area contributed by atoms with Crippen molar-refractivity contribution in [3.8, 4) is 0 Å². The second-order valence-electron chi connectivity index (χ2n) is 5.91. The molecule has 2 heterocycles. The SMILES string of the molecule is Cc1csc(NC(=O)CSC(=Nc2ccccc2)N2CCCCC2)n1. The van der Waals surface area contributed by atoms with Crippen molar-refractivity contribution >= 4 is 45.0 Å². The summed E-state index contributed by atoms with van der Waals surface area (Å²) in [6.45, 7) is 3.93. The summed E-state index contributed by atoms with van der Waals surface area (Å²) in [4.78, 5) is 23.6. The number of rotatable bonds is 4. The van der Waals surface area contributed by atoms with Crippen LogP contribution in [0.25, 0.3) is 0 Å². The maximum Gasteiger partial charge on any atom is 0.236 e. The van der Waals surface area contributed by atoms with Crippen molar-refractivity contribution in [3.63, 3.8) is 0 Å². The van der Waals surface area contributed by atoms with E-state index in [4.69, 9.17) is 4.99 Å². The van der Waals surface area contributed by atoms with Gasteiger partial charge in [-0.15, -0.1) is 11.3 Å². The molecule has 0 bridgehead atoms. The van der Waals surface area contributed by atoms with E-state index < -0.39 is 0 Å². The van der Waals surface area contributed by atoms with Gasteiger partial charge in [0, 0.05) is 18.5 Å². The lowest BCUT2D eigenvalue weighted by Crippen LogP contribution is -2.34. The fourth-order valence-corrected chi connectivity index (χ4v) is 4.16. The van der Waals surface area contributed by atoms with Gasteiger partial charge < -0.3 is 10.2 Å². The number of carbonyl (C=O) groups is 1. The number of thioether (sulfide) groups is 1. The van der Waals surface area contributed by atoms with Gasteiger partial charge in [0.15, 0.2) is 10.3 Å². The molecule has 1 fully saturated rings. The fraction of sp³-hybridized carbons (Fsp3) is 0.389. The van der Waals surface area contributed by atoms with Crippen LogP contribution >= 0.6 is 23.1 Å². The highest BCUT2D eigenvalue weighted by Gasteiger charge is 2.17. The Morgan fingerprint density at radius 3 is 2.72 bits per heavy atom. The Kier molecular flexibility index (Phi) is 6.47. The Bertz CT molecular complexity index is 724. The van der Waals surface area contributed by atoms with Gasteiger partial charge in [-0.05, 0) is 38.3 Å². The molecule has 1 amide bonds. The van der Waals surface area contributed by atoms with Crippen molar-refractivity contribution in [1.29, 1.82) is 0 Å². The maximum atomic E-state index is 12.2. The normalized spacial score (nSPS) is 15.2. The fourth-order valence-electron chi connectivity index (χ4n) is 2.59. The van der Waals surface area contributed by atoms with E-state index in [0.29, 0.717) is 10.9 Å². The van der Waals surface area contributed by atoms with Gasteiger partial charge in [0.05, 0.1) is 17.1 Å². The van der Waals surface area contributed by atoms with Crippen molar-refractivity contribution < 1.29 is 4.79 Å². The van der Waals surface area contributed by atoms with E-state index in [-0.39, 0.29) is 5.91 Å². The standard InChI is InChI=1S/C18H22N4OS2/c1-14-12-24-17(19-14)21-16(23)13-25-18(22-10-6-3-7-11-22)20-15-8-4-2-5-9-15/h2,4-5,8-9,12H,3,6-7,10-11,13H2,1H3,(H,19,21,23). The highest BCUT2D eigenvalue weighted by Crippen LogP contribution is 2.21. The van der Waals surface area contributed by atoms with E-state index in [1.165, 1.54) is 42.4 Å². The summed E-state index contributed by atoms with van der Waals surface area (Å²) < 4.78 is 0. The first kappa shape index (κ1) is 17.9. The largest absolute Gasteiger partial charge is 0.351 e. The third-order valence-corrected chi connectivity index (χ3v) is 5.70. The number of amides is 1. The number of anilines is 1. The number of benzene rings is 1. The quantitative estimate of drug-likeness (QED) is 0.640. The van der Waals surface area contributed by atoms with Gasteiger partial charge in [0.25, 0.3) is 0 Å². The van der Waals surface area contributed by atoms with Gasteiger partial charge >= 0.3 is 0 Å². The van der Waals surface area contributed by atoms with Crippen molar-refractivity contribution in [2.24, 2.45) is 4.99 Å². The van der Waals surface area contributed by atoms with Crippen LogP contribution in [0.15, 0.2) is 40.7 Å². The minimum atomic E-state index is -0.0443. The van der Waals surface area contributed by atoms with Crippen molar-refractivity contribution in [2.75, 3.05) is 24.2 Å². The van der Waals surface area contributed by atoms with Crippen LogP contribution in [0.5, 0.6) is 0 Å². The molecule has 1 aliphatic heterocycles. The molecule has 1 saturated heterocycles. The lowest BCUT2D eigenvalue weighted by atomic mass is 10.1. The van der Waals surface area contributed by atoms with Crippen LogP contribution in [-0.2, 0) is 4.79 Å². The molecule has 132 valence electrons. The molecule has 0 saturated carbocycles. The van der Waals surface area contributed by atoms with Crippen LogP contribution in [0.1, 0.15) is 25.0 Å². The van der Waals surface area contributed by atoms with E-state index in [9.17, 15) is 4.79 Å². The number of aliphatic imine (C=N–C) groups is 1. The van der Waals surface area contributed by atoms with E-state index >= 15 is 0 Å². The Balaban J connectivity index is 1.64. The van der Waals surface area contributed by atoms with Gasteiger partial charge in [-0.1, -0.05) is 30.0 Å². The molecule has 0 aliphatic carbocycles. The monoisotopic (exact) mass is 374 g/mol. The Morgan fingerprint density at radius 1 is 1.28 bits per heavy atom. The smallest absolute Gasteiger partial charge is 0.236 e. The Labute approximate surface area is 156 Å². The second-order valence-corrected chi connectivity index (χ2v) is 7.71. The molecule has 7 heteroatoms. The van der Waals surface area contributed by atoms with E-state index in [1.807, 2.05) is 42.6 Å². The van der Waals surface area contributed by atoms with E-state index in [1.54, 1.807) is 0 Å². The van der Waals surface area contributed by atoms with Gasteiger partial charge in [-0.2, -0.15) is 0 Å². The summed E-state index contributed by atoms with van der Waals surface area (Å²) in [6.07, 6.45) is 3.63. The molecule has 2 aromatic rings. The molecular weight excluding hydrogens is 352 g/mol. The summed E-state index contributed by atoms with van der Waals surface area (Å²) in [5.41, 5.74) is 1.85. The summed E-state index contributed by atoms with van der Waals surface area (Å²) in [6, 6.07) is 9.92. The van der Waals surface area contributed by atoms with Crippen molar-refractivity contribution in [2.45, 2.75) is 26.2 Å². The number of amidine groups is 1. The molecular formula is C18H22N4OS2. The molecule has 25 heavy (non-hydrogen) atoms. The Morgan fingerprint density at radius 2 is 2.04 bits per heavy atom. The van der Waals surface area contributed by atoms with E-state index in [2.05, 4.69) is 15.2 Å². The molecule has 1 N–H and O–H groups in total. The number of piperidine rings is 1.